The molecule has 16 heavy (non-hydrogen) atoms. The van der Waals surface area contributed by atoms with Crippen molar-refractivity contribution >= 4 is 11.6 Å². The van der Waals surface area contributed by atoms with Gasteiger partial charge in [-0.05, 0) is 18.2 Å². The van der Waals surface area contributed by atoms with Crippen LogP contribution in [-0.4, -0.2) is 11.0 Å². The Morgan fingerprint density at radius 1 is 1.38 bits per heavy atom. The van der Waals surface area contributed by atoms with Crippen LogP contribution < -0.4 is 5.32 Å². The zero-order chi connectivity index (χ0) is 12.3. The summed E-state index contributed by atoms with van der Waals surface area (Å²) in [5.41, 5.74) is -1.18. The van der Waals surface area contributed by atoms with Gasteiger partial charge in [0.05, 0.1) is 5.56 Å². The van der Waals surface area contributed by atoms with Crippen LogP contribution in [0.1, 0.15) is 5.56 Å². The topological polar surface area (TPSA) is 49.3 Å². The van der Waals surface area contributed by atoms with Crippen LogP contribution >= 0.6 is 0 Å². The van der Waals surface area contributed by atoms with E-state index < -0.39 is 23.4 Å². The number of rotatable bonds is 2. The molecule has 6 heteroatoms. The number of benzene rings is 1. The zero-order valence-corrected chi connectivity index (χ0v) is 8.01. The number of phenols is 1. The molecular formula is C10H8F3NO2. The highest BCUT2D eigenvalue weighted by atomic mass is 19.4. The van der Waals surface area contributed by atoms with Crippen LogP contribution in [0.2, 0.25) is 0 Å². The lowest BCUT2D eigenvalue weighted by Crippen LogP contribution is -2.10. The number of carbonyl (C=O) groups excluding carboxylic acids is 1. The van der Waals surface area contributed by atoms with E-state index in [2.05, 4.69) is 11.9 Å². The standard InChI is InChI=1S/C10H8F3NO2/c1-2-9(16)14-7-3-6(10(11,12)13)4-8(15)5-7/h2-5,15H,1H2,(H,14,16). The molecule has 0 aliphatic carbocycles. The number of amides is 1. The van der Waals surface area contributed by atoms with Gasteiger partial charge >= 0.3 is 6.18 Å². The maximum atomic E-state index is 12.3. The maximum absolute atomic E-state index is 12.3. The third kappa shape index (κ3) is 3.01. The van der Waals surface area contributed by atoms with Gasteiger partial charge < -0.3 is 10.4 Å². The molecule has 0 saturated heterocycles. The maximum Gasteiger partial charge on any atom is 0.416 e. The van der Waals surface area contributed by atoms with Gasteiger partial charge in [-0.25, -0.2) is 0 Å². The van der Waals surface area contributed by atoms with Crippen molar-refractivity contribution in [3.63, 3.8) is 0 Å². The van der Waals surface area contributed by atoms with E-state index in [4.69, 9.17) is 5.11 Å². The van der Waals surface area contributed by atoms with Gasteiger partial charge in [-0.1, -0.05) is 6.58 Å². The fourth-order valence-corrected chi connectivity index (χ4v) is 1.04. The average Bonchev–Trinajstić information content (AvgIpc) is 2.15. The molecule has 0 atom stereocenters. The minimum Gasteiger partial charge on any atom is -0.508 e. The van der Waals surface area contributed by atoms with E-state index in [9.17, 15) is 18.0 Å². The fourth-order valence-electron chi connectivity index (χ4n) is 1.04. The molecule has 0 fully saturated rings. The number of aromatic hydroxyl groups is 1. The summed E-state index contributed by atoms with van der Waals surface area (Å²) in [6, 6.07) is 2.31. The Hall–Kier alpha value is -1.98. The molecule has 0 unspecified atom stereocenters. The minimum absolute atomic E-state index is 0.141. The zero-order valence-electron chi connectivity index (χ0n) is 8.01. The van der Waals surface area contributed by atoms with E-state index in [1.165, 1.54) is 0 Å². The molecular weight excluding hydrogens is 223 g/mol. The molecule has 0 spiro atoms. The lowest BCUT2D eigenvalue weighted by molar-refractivity contribution is -0.137. The summed E-state index contributed by atoms with van der Waals surface area (Å²) in [7, 11) is 0. The van der Waals surface area contributed by atoms with Crippen molar-refractivity contribution in [2.45, 2.75) is 6.18 Å². The van der Waals surface area contributed by atoms with Gasteiger partial charge in [-0.3, -0.25) is 4.79 Å². The normalized spacial score (nSPS) is 10.9. The first-order chi connectivity index (χ1) is 7.32. The van der Waals surface area contributed by atoms with Crippen molar-refractivity contribution in [2.24, 2.45) is 0 Å². The Bertz CT molecular complexity index is 427. The second kappa shape index (κ2) is 4.26. The number of anilines is 1. The molecule has 0 aliphatic rings. The lowest BCUT2D eigenvalue weighted by Gasteiger charge is -2.10. The second-order valence-electron chi connectivity index (χ2n) is 2.96. The van der Waals surface area contributed by atoms with Crippen molar-refractivity contribution < 1.29 is 23.1 Å². The highest BCUT2D eigenvalue weighted by molar-refractivity contribution is 5.99. The van der Waals surface area contributed by atoms with Crippen LogP contribution in [0.25, 0.3) is 0 Å². The molecule has 1 rings (SSSR count). The number of carbonyl (C=O) groups is 1. The second-order valence-corrected chi connectivity index (χ2v) is 2.96. The average molecular weight is 231 g/mol. The molecule has 3 nitrogen and oxygen atoms in total. The van der Waals surface area contributed by atoms with E-state index in [0.717, 1.165) is 18.2 Å². The summed E-state index contributed by atoms with van der Waals surface area (Å²) in [6.45, 7) is 3.15. The number of alkyl halides is 3. The smallest absolute Gasteiger partial charge is 0.416 e. The van der Waals surface area contributed by atoms with E-state index in [0.29, 0.717) is 6.07 Å². The van der Waals surface area contributed by atoms with Gasteiger partial charge in [-0.15, -0.1) is 0 Å². The van der Waals surface area contributed by atoms with Crippen molar-refractivity contribution in [3.05, 3.63) is 36.4 Å². The SMILES string of the molecule is C=CC(=O)Nc1cc(O)cc(C(F)(F)F)c1. The summed E-state index contributed by atoms with van der Waals surface area (Å²) in [6.07, 6.45) is -3.66. The third-order valence-corrected chi connectivity index (χ3v) is 1.70. The third-order valence-electron chi connectivity index (χ3n) is 1.70. The number of halogens is 3. The van der Waals surface area contributed by atoms with E-state index in [-0.39, 0.29) is 5.69 Å². The minimum atomic E-state index is -4.58. The first-order valence-corrected chi connectivity index (χ1v) is 4.17. The molecule has 0 aromatic heterocycles. The van der Waals surface area contributed by atoms with Crippen molar-refractivity contribution in [3.8, 4) is 5.75 Å². The van der Waals surface area contributed by atoms with Crippen LogP contribution in [0.15, 0.2) is 30.9 Å². The summed E-state index contributed by atoms with van der Waals surface area (Å²) in [4.78, 5) is 10.9. The van der Waals surface area contributed by atoms with Gasteiger partial charge in [0, 0.05) is 11.8 Å². The van der Waals surface area contributed by atoms with Crippen LogP contribution in [0.5, 0.6) is 5.75 Å². The predicted octanol–water partition coefficient (Wildman–Crippen LogP) is 2.54. The molecule has 0 bridgehead atoms. The Balaban J connectivity index is 3.08. The highest BCUT2D eigenvalue weighted by Gasteiger charge is 2.31. The number of hydrogen-bond donors (Lipinski definition) is 2. The monoisotopic (exact) mass is 231 g/mol. The van der Waals surface area contributed by atoms with E-state index >= 15 is 0 Å². The Morgan fingerprint density at radius 2 is 2.00 bits per heavy atom. The van der Waals surface area contributed by atoms with Crippen molar-refractivity contribution in [1.82, 2.24) is 0 Å². The lowest BCUT2D eigenvalue weighted by atomic mass is 10.2. The highest BCUT2D eigenvalue weighted by Crippen LogP contribution is 2.33. The van der Waals surface area contributed by atoms with Crippen molar-refractivity contribution in [1.29, 1.82) is 0 Å². The van der Waals surface area contributed by atoms with E-state index in [1.807, 2.05) is 0 Å². The molecule has 2 N–H and O–H groups in total. The largest absolute Gasteiger partial charge is 0.508 e. The quantitative estimate of drug-likeness (QED) is 0.768. The summed E-state index contributed by atoms with van der Waals surface area (Å²) < 4.78 is 37.0. The first-order valence-electron chi connectivity index (χ1n) is 4.17. The fraction of sp³-hybridized carbons (Fsp3) is 0.100. The molecule has 1 amide bonds. The van der Waals surface area contributed by atoms with Crippen LogP contribution in [0.3, 0.4) is 0 Å². The Morgan fingerprint density at radius 3 is 2.50 bits per heavy atom. The molecule has 0 aliphatic heterocycles. The van der Waals surface area contributed by atoms with Gasteiger partial charge in [0.1, 0.15) is 5.75 Å². The van der Waals surface area contributed by atoms with Gasteiger partial charge in [-0.2, -0.15) is 13.2 Å². The summed E-state index contributed by atoms with van der Waals surface area (Å²) >= 11 is 0. The number of nitrogens with one attached hydrogen (secondary N) is 1. The molecule has 0 heterocycles. The Labute approximate surface area is 89.2 Å². The van der Waals surface area contributed by atoms with Gasteiger partial charge in [0.25, 0.3) is 0 Å². The van der Waals surface area contributed by atoms with Crippen LogP contribution in [-0.2, 0) is 11.0 Å². The molecule has 0 radical (unpaired) electrons. The first kappa shape index (κ1) is 12.1. The van der Waals surface area contributed by atoms with Crippen LogP contribution in [0, 0.1) is 0 Å². The summed E-state index contributed by atoms with van der Waals surface area (Å²) in [5.74, 6) is -1.23. The number of hydrogen-bond acceptors (Lipinski definition) is 2. The number of phenolic OH excluding ortho intramolecular Hbond substituents is 1. The summed E-state index contributed by atoms with van der Waals surface area (Å²) in [5, 5.41) is 11.2. The molecule has 1 aromatic carbocycles. The molecule has 0 saturated carbocycles. The molecule has 86 valence electrons. The van der Waals surface area contributed by atoms with Crippen molar-refractivity contribution in [2.75, 3.05) is 5.32 Å². The van der Waals surface area contributed by atoms with Gasteiger partial charge in [0.15, 0.2) is 0 Å². The molecule has 1 aromatic rings. The Kier molecular flexibility index (Phi) is 3.22. The van der Waals surface area contributed by atoms with E-state index in [1.54, 1.807) is 0 Å². The van der Waals surface area contributed by atoms with Crippen LogP contribution in [0.4, 0.5) is 18.9 Å². The van der Waals surface area contributed by atoms with Gasteiger partial charge in [0.2, 0.25) is 5.91 Å². The predicted molar refractivity (Wildman–Crippen MR) is 51.9 cm³/mol.